The molecule has 0 aliphatic heterocycles. The molecular formula is C19H12BrN3O. The third-order valence-corrected chi connectivity index (χ3v) is 4.00. The number of aromatic nitrogens is 2. The molecule has 0 atom stereocenters. The van der Waals surface area contributed by atoms with Crippen LogP contribution < -0.4 is 0 Å². The fourth-order valence-corrected chi connectivity index (χ4v) is 2.77. The molecule has 0 saturated carbocycles. The fourth-order valence-electron chi connectivity index (χ4n) is 2.35. The van der Waals surface area contributed by atoms with Crippen LogP contribution in [0.5, 0.6) is 0 Å². The second-order valence-corrected chi connectivity index (χ2v) is 6.14. The molecule has 0 bridgehead atoms. The largest absolute Gasteiger partial charge is 0.436 e. The topological polar surface area (TPSA) is 51.3 Å². The van der Waals surface area contributed by atoms with Gasteiger partial charge in [-0.3, -0.25) is 9.98 Å². The summed E-state index contributed by atoms with van der Waals surface area (Å²) in [7, 11) is 0. The van der Waals surface area contributed by atoms with Crippen molar-refractivity contribution in [3.8, 4) is 11.5 Å². The molecule has 0 fully saturated rings. The van der Waals surface area contributed by atoms with Gasteiger partial charge in [0.25, 0.3) is 0 Å². The zero-order valence-corrected chi connectivity index (χ0v) is 14.1. The van der Waals surface area contributed by atoms with Gasteiger partial charge in [0.1, 0.15) is 5.52 Å². The SMILES string of the molecule is Brc1cccc(C=Nc2ccc3oc(-c4ccncc4)nc3c2)c1. The molecule has 0 aliphatic carbocycles. The van der Waals surface area contributed by atoms with Crippen LogP contribution in [-0.4, -0.2) is 16.2 Å². The molecule has 4 rings (SSSR count). The van der Waals surface area contributed by atoms with Gasteiger partial charge in [0.2, 0.25) is 5.89 Å². The summed E-state index contributed by atoms with van der Waals surface area (Å²) >= 11 is 3.46. The summed E-state index contributed by atoms with van der Waals surface area (Å²) < 4.78 is 6.82. The van der Waals surface area contributed by atoms with Gasteiger partial charge in [-0.1, -0.05) is 28.1 Å². The minimum absolute atomic E-state index is 0.584. The van der Waals surface area contributed by atoms with E-state index in [4.69, 9.17) is 4.42 Å². The summed E-state index contributed by atoms with van der Waals surface area (Å²) in [5, 5.41) is 0. The predicted molar refractivity (Wildman–Crippen MR) is 98.6 cm³/mol. The lowest BCUT2D eigenvalue weighted by Crippen LogP contribution is -1.79. The summed E-state index contributed by atoms with van der Waals surface area (Å²) in [5.74, 6) is 0.584. The molecule has 0 unspecified atom stereocenters. The highest BCUT2D eigenvalue weighted by atomic mass is 79.9. The number of oxazole rings is 1. The van der Waals surface area contributed by atoms with Crippen LogP contribution in [0, 0.1) is 0 Å². The fraction of sp³-hybridized carbons (Fsp3) is 0. The Kier molecular flexibility index (Phi) is 3.92. The van der Waals surface area contributed by atoms with Crippen molar-refractivity contribution in [2.75, 3.05) is 0 Å². The normalized spacial score (nSPS) is 11.4. The minimum atomic E-state index is 0.584. The van der Waals surface area contributed by atoms with E-state index >= 15 is 0 Å². The van der Waals surface area contributed by atoms with Crippen molar-refractivity contribution in [1.82, 2.24) is 9.97 Å². The van der Waals surface area contributed by atoms with Gasteiger partial charge < -0.3 is 4.42 Å². The van der Waals surface area contributed by atoms with Gasteiger partial charge in [-0.15, -0.1) is 0 Å². The van der Waals surface area contributed by atoms with E-state index in [9.17, 15) is 0 Å². The van der Waals surface area contributed by atoms with E-state index in [1.165, 1.54) is 0 Å². The Labute approximate surface area is 147 Å². The first kappa shape index (κ1) is 14.8. The molecule has 4 nitrogen and oxygen atoms in total. The van der Waals surface area contributed by atoms with E-state index < -0.39 is 0 Å². The highest BCUT2D eigenvalue weighted by molar-refractivity contribution is 9.10. The Hall–Kier alpha value is -2.79. The molecule has 2 aromatic carbocycles. The van der Waals surface area contributed by atoms with Crippen molar-refractivity contribution in [2.45, 2.75) is 0 Å². The number of nitrogens with zero attached hydrogens (tertiary/aromatic N) is 3. The molecule has 0 spiro atoms. The summed E-state index contributed by atoms with van der Waals surface area (Å²) in [6, 6.07) is 17.4. The summed E-state index contributed by atoms with van der Waals surface area (Å²) in [4.78, 5) is 13.1. The number of halogens is 1. The number of hydrogen-bond donors (Lipinski definition) is 0. The third kappa shape index (κ3) is 3.12. The van der Waals surface area contributed by atoms with Gasteiger partial charge in [0, 0.05) is 28.6 Å². The Balaban J connectivity index is 1.66. The van der Waals surface area contributed by atoms with Gasteiger partial charge in [-0.25, -0.2) is 4.98 Å². The van der Waals surface area contributed by atoms with E-state index in [0.29, 0.717) is 5.89 Å². The van der Waals surface area contributed by atoms with E-state index in [0.717, 1.165) is 32.4 Å². The molecule has 0 radical (unpaired) electrons. The predicted octanol–water partition coefficient (Wildman–Crippen LogP) is 5.40. The maximum Gasteiger partial charge on any atom is 0.227 e. The Morgan fingerprint density at radius 3 is 2.71 bits per heavy atom. The van der Waals surface area contributed by atoms with Crippen LogP contribution >= 0.6 is 15.9 Å². The first-order chi connectivity index (χ1) is 11.8. The van der Waals surface area contributed by atoms with Crippen LogP contribution in [0.15, 0.2) is 80.9 Å². The average Bonchev–Trinajstić information content (AvgIpc) is 3.04. The third-order valence-electron chi connectivity index (χ3n) is 3.51. The standard InChI is InChI=1S/C19H12BrN3O/c20-15-3-1-2-13(10-15)12-22-16-4-5-18-17(11-16)23-19(24-18)14-6-8-21-9-7-14/h1-12H. The van der Waals surface area contributed by atoms with Gasteiger partial charge >= 0.3 is 0 Å². The van der Waals surface area contributed by atoms with Crippen molar-refractivity contribution in [1.29, 1.82) is 0 Å². The van der Waals surface area contributed by atoms with Crippen LogP contribution in [0.3, 0.4) is 0 Å². The maximum atomic E-state index is 5.79. The van der Waals surface area contributed by atoms with Crippen molar-refractivity contribution < 1.29 is 4.42 Å². The Morgan fingerprint density at radius 2 is 1.88 bits per heavy atom. The number of aliphatic imine (C=N–C) groups is 1. The summed E-state index contributed by atoms with van der Waals surface area (Å²) in [5.41, 5.74) is 4.29. The number of fused-ring (bicyclic) bond motifs is 1. The van der Waals surface area contributed by atoms with E-state index in [1.54, 1.807) is 12.4 Å². The number of benzene rings is 2. The first-order valence-corrected chi connectivity index (χ1v) is 8.18. The molecule has 4 aromatic rings. The van der Waals surface area contributed by atoms with Crippen molar-refractivity contribution in [3.63, 3.8) is 0 Å². The monoisotopic (exact) mass is 377 g/mol. The number of pyridine rings is 1. The average molecular weight is 378 g/mol. The van der Waals surface area contributed by atoms with Crippen molar-refractivity contribution in [2.24, 2.45) is 4.99 Å². The molecule has 0 amide bonds. The molecular weight excluding hydrogens is 366 g/mol. The Bertz CT molecular complexity index is 1030. The van der Waals surface area contributed by atoms with Crippen LogP contribution in [0.4, 0.5) is 5.69 Å². The lowest BCUT2D eigenvalue weighted by atomic mass is 10.2. The smallest absolute Gasteiger partial charge is 0.227 e. The van der Waals surface area contributed by atoms with Crippen LogP contribution in [0.1, 0.15) is 5.56 Å². The molecule has 0 saturated heterocycles. The highest BCUT2D eigenvalue weighted by Gasteiger charge is 2.08. The second kappa shape index (κ2) is 6.37. The quantitative estimate of drug-likeness (QED) is 0.449. The number of hydrogen-bond acceptors (Lipinski definition) is 4. The van der Waals surface area contributed by atoms with Gasteiger partial charge in [0.05, 0.1) is 5.69 Å². The molecule has 24 heavy (non-hydrogen) atoms. The molecule has 116 valence electrons. The zero-order valence-electron chi connectivity index (χ0n) is 12.6. The molecule has 5 heteroatoms. The van der Waals surface area contributed by atoms with Crippen LogP contribution in [0.2, 0.25) is 0 Å². The van der Waals surface area contributed by atoms with Crippen molar-refractivity contribution in [3.05, 3.63) is 77.0 Å². The van der Waals surface area contributed by atoms with Gasteiger partial charge in [-0.2, -0.15) is 0 Å². The second-order valence-electron chi connectivity index (χ2n) is 5.22. The maximum absolute atomic E-state index is 5.79. The van der Waals surface area contributed by atoms with E-state index in [2.05, 4.69) is 30.9 Å². The van der Waals surface area contributed by atoms with Crippen LogP contribution in [-0.2, 0) is 0 Å². The zero-order chi connectivity index (χ0) is 16.4. The van der Waals surface area contributed by atoms with E-state index in [-0.39, 0.29) is 0 Å². The Morgan fingerprint density at radius 1 is 1.00 bits per heavy atom. The van der Waals surface area contributed by atoms with Crippen molar-refractivity contribution >= 4 is 38.9 Å². The molecule has 2 heterocycles. The lowest BCUT2D eigenvalue weighted by molar-refractivity contribution is 0.619. The summed E-state index contributed by atoms with van der Waals surface area (Å²) in [6.07, 6.45) is 5.27. The summed E-state index contributed by atoms with van der Waals surface area (Å²) in [6.45, 7) is 0. The van der Waals surface area contributed by atoms with Crippen LogP contribution in [0.25, 0.3) is 22.6 Å². The minimum Gasteiger partial charge on any atom is -0.436 e. The van der Waals surface area contributed by atoms with Gasteiger partial charge in [0.15, 0.2) is 5.58 Å². The lowest BCUT2D eigenvalue weighted by Gasteiger charge is -1.95. The van der Waals surface area contributed by atoms with Gasteiger partial charge in [-0.05, 0) is 48.0 Å². The molecule has 0 N–H and O–H groups in total. The number of rotatable bonds is 3. The highest BCUT2D eigenvalue weighted by Crippen LogP contribution is 2.26. The molecule has 0 aliphatic rings. The van der Waals surface area contributed by atoms with E-state index in [1.807, 2.05) is 60.8 Å². The first-order valence-electron chi connectivity index (χ1n) is 7.38. The molecule has 2 aromatic heterocycles.